The Balaban J connectivity index is 2.19. The number of nitrogens with zero attached hydrogens (tertiary/aromatic N) is 3. The Morgan fingerprint density at radius 2 is 2.06 bits per heavy atom. The predicted molar refractivity (Wildman–Crippen MR) is 66.8 cm³/mol. The van der Waals surface area contributed by atoms with Gasteiger partial charge >= 0.3 is 0 Å². The molecule has 0 aromatic carbocycles. The van der Waals surface area contributed by atoms with Crippen molar-refractivity contribution in [3.63, 3.8) is 0 Å². The van der Waals surface area contributed by atoms with E-state index >= 15 is 0 Å². The van der Waals surface area contributed by atoms with Crippen LogP contribution < -0.4 is 0 Å². The van der Waals surface area contributed by atoms with Crippen LogP contribution in [-0.4, -0.2) is 33.3 Å². The summed E-state index contributed by atoms with van der Waals surface area (Å²) in [5, 5.41) is 0. The highest BCUT2D eigenvalue weighted by atomic mass is 19.1. The van der Waals surface area contributed by atoms with E-state index in [0.29, 0.717) is 24.4 Å². The fraction of sp³-hybridized carbons (Fsp3) is 0.385. The van der Waals surface area contributed by atoms with Crippen LogP contribution in [0, 0.1) is 5.82 Å². The van der Waals surface area contributed by atoms with E-state index in [0.717, 1.165) is 0 Å². The van der Waals surface area contributed by atoms with Crippen LogP contribution >= 0.6 is 0 Å². The zero-order valence-electron chi connectivity index (χ0n) is 10.6. The van der Waals surface area contributed by atoms with Crippen molar-refractivity contribution in [1.29, 1.82) is 0 Å². The molecule has 96 valence electrons. The number of likely N-dealkylation sites (N-methyl/N-ethyl adjacent to an activating group) is 1. The van der Waals surface area contributed by atoms with Crippen molar-refractivity contribution in [2.24, 2.45) is 0 Å². The van der Waals surface area contributed by atoms with Gasteiger partial charge in [0.2, 0.25) is 5.91 Å². The molecule has 0 saturated heterocycles. The minimum atomic E-state index is -0.318. The number of rotatable bonds is 4. The van der Waals surface area contributed by atoms with Gasteiger partial charge in [0.15, 0.2) is 0 Å². The van der Waals surface area contributed by atoms with Gasteiger partial charge in [-0.1, -0.05) is 0 Å². The molecule has 0 unspecified atom stereocenters. The minimum absolute atomic E-state index is 0.0453. The van der Waals surface area contributed by atoms with Gasteiger partial charge in [-0.05, 0) is 26.0 Å². The van der Waals surface area contributed by atoms with E-state index in [2.05, 4.69) is 4.98 Å². The molecule has 2 heterocycles. The number of fused-ring (bicyclic) bond motifs is 1. The monoisotopic (exact) mass is 249 g/mol. The van der Waals surface area contributed by atoms with Crippen molar-refractivity contribution in [2.75, 3.05) is 13.1 Å². The molecule has 0 aliphatic carbocycles. The lowest BCUT2D eigenvalue weighted by Gasteiger charge is -2.17. The highest BCUT2D eigenvalue weighted by molar-refractivity contribution is 5.78. The van der Waals surface area contributed by atoms with E-state index in [1.807, 2.05) is 13.8 Å². The molecule has 2 rings (SSSR count). The molecular weight excluding hydrogens is 233 g/mol. The maximum absolute atomic E-state index is 13.0. The molecule has 0 aliphatic heterocycles. The highest BCUT2D eigenvalue weighted by Crippen LogP contribution is 2.08. The largest absolute Gasteiger partial charge is 0.343 e. The lowest BCUT2D eigenvalue weighted by atomic mass is 10.3. The van der Waals surface area contributed by atoms with Crippen LogP contribution in [0.2, 0.25) is 0 Å². The molecule has 4 nitrogen and oxygen atoms in total. The molecule has 18 heavy (non-hydrogen) atoms. The van der Waals surface area contributed by atoms with Crippen molar-refractivity contribution in [3.05, 3.63) is 36.0 Å². The molecule has 2 aromatic rings. The van der Waals surface area contributed by atoms with Gasteiger partial charge in [-0.2, -0.15) is 0 Å². The number of pyridine rings is 1. The topological polar surface area (TPSA) is 37.6 Å². The molecule has 0 saturated carbocycles. The van der Waals surface area contributed by atoms with E-state index in [1.165, 1.54) is 12.3 Å². The summed E-state index contributed by atoms with van der Waals surface area (Å²) >= 11 is 0. The average molecular weight is 249 g/mol. The number of carbonyl (C=O) groups excluding carboxylic acids is 1. The second-order valence-corrected chi connectivity index (χ2v) is 4.09. The smallest absolute Gasteiger partial charge is 0.228 e. The molecule has 0 spiro atoms. The molecule has 0 fully saturated rings. The number of hydrogen-bond donors (Lipinski definition) is 0. The molecule has 0 N–H and O–H groups in total. The first-order valence-electron chi connectivity index (χ1n) is 6.05. The molecule has 0 bridgehead atoms. The maximum atomic E-state index is 13.0. The van der Waals surface area contributed by atoms with Gasteiger partial charge in [0.05, 0.1) is 12.1 Å². The van der Waals surface area contributed by atoms with Crippen molar-refractivity contribution in [3.8, 4) is 0 Å². The van der Waals surface area contributed by atoms with Crippen LogP contribution in [0.25, 0.3) is 5.65 Å². The van der Waals surface area contributed by atoms with Crippen LogP contribution in [0.5, 0.6) is 0 Å². The zero-order chi connectivity index (χ0) is 13.1. The standard InChI is InChI=1S/C13H16FN3O/c1-3-16(4-2)13(18)7-11-9-17-8-10(14)5-6-12(17)15-11/h5-6,8-9H,3-4,7H2,1-2H3. The Hall–Kier alpha value is -1.91. The number of aromatic nitrogens is 2. The van der Waals surface area contributed by atoms with Crippen LogP contribution in [0.1, 0.15) is 19.5 Å². The van der Waals surface area contributed by atoms with Crippen LogP contribution in [0.4, 0.5) is 4.39 Å². The van der Waals surface area contributed by atoms with E-state index in [9.17, 15) is 9.18 Å². The second kappa shape index (κ2) is 5.16. The Morgan fingerprint density at radius 1 is 1.33 bits per heavy atom. The summed E-state index contributed by atoms with van der Waals surface area (Å²) in [5.41, 5.74) is 1.32. The van der Waals surface area contributed by atoms with Crippen molar-refractivity contribution in [1.82, 2.24) is 14.3 Å². The molecule has 0 atom stereocenters. The molecule has 1 amide bonds. The molecule has 2 aromatic heterocycles. The summed E-state index contributed by atoms with van der Waals surface area (Å²) in [6.45, 7) is 5.27. The Bertz CT molecular complexity index is 560. The van der Waals surface area contributed by atoms with Gasteiger partial charge in [0, 0.05) is 25.5 Å². The van der Waals surface area contributed by atoms with Crippen LogP contribution in [-0.2, 0) is 11.2 Å². The summed E-state index contributed by atoms with van der Waals surface area (Å²) in [4.78, 5) is 18.0. The summed E-state index contributed by atoms with van der Waals surface area (Å²) in [6, 6.07) is 2.96. The lowest BCUT2D eigenvalue weighted by Crippen LogP contribution is -2.31. The first kappa shape index (κ1) is 12.5. The Morgan fingerprint density at radius 3 is 2.72 bits per heavy atom. The number of hydrogen-bond acceptors (Lipinski definition) is 2. The number of imidazole rings is 1. The van der Waals surface area contributed by atoms with Gasteiger partial charge in [-0.15, -0.1) is 0 Å². The summed E-state index contributed by atoms with van der Waals surface area (Å²) in [7, 11) is 0. The van der Waals surface area contributed by atoms with Crippen LogP contribution in [0.15, 0.2) is 24.5 Å². The fourth-order valence-electron chi connectivity index (χ4n) is 1.95. The van der Waals surface area contributed by atoms with Gasteiger partial charge < -0.3 is 9.30 Å². The fourth-order valence-corrected chi connectivity index (χ4v) is 1.95. The number of halogens is 1. The second-order valence-electron chi connectivity index (χ2n) is 4.09. The third-order valence-corrected chi connectivity index (χ3v) is 2.91. The molecule has 0 aliphatic rings. The average Bonchev–Trinajstić information content (AvgIpc) is 2.71. The normalized spacial score (nSPS) is 10.8. The van der Waals surface area contributed by atoms with E-state index in [4.69, 9.17) is 0 Å². The van der Waals surface area contributed by atoms with Crippen molar-refractivity contribution < 1.29 is 9.18 Å². The Kier molecular flexibility index (Phi) is 3.60. The van der Waals surface area contributed by atoms with Gasteiger partial charge in [0.1, 0.15) is 11.5 Å². The predicted octanol–water partition coefficient (Wildman–Crippen LogP) is 1.88. The van der Waals surface area contributed by atoms with Crippen molar-refractivity contribution >= 4 is 11.6 Å². The van der Waals surface area contributed by atoms with Gasteiger partial charge in [0.25, 0.3) is 0 Å². The highest BCUT2D eigenvalue weighted by Gasteiger charge is 2.12. The minimum Gasteiger partial charge on any atom is -0.343 e. The molecular formula is C13H16FN3O. The third-order valence-electron chi connectivity index (χ3n) is 2.91. The first-order valence-corrected chi connectivity index (χ1v) is 6.05. The van der Waals surface area contributed by atoms with Gasteiger partial charge in [-0.25, -0.2) is 9.37 Å². The quantitative estimate of drug-likeness (QED) is 0.829. The number of carbonyl (C=O) groups is 1. The van der Waals surface area contributed by atoms with E-state index in [-0.39, 0.29) is 18.1 Å². The van der Waals surface area contributed by atoms with E-state index < -0.39 is 0 Å². The molecule has 5 heteroatoms. The summed E-state index contributed by atoms with van der Waals surface area (Å²) in [6.07, 6.45) is 3.30. The van der Waals surface area contributed by atoms with Crippen molar-refractivity contribution in [2.45, 2.75) is 20.3 Å². The zero-order valence-corrected chi connectivity index (χ0v) is 10.6. The van der Waals surface area contributed by atoms with Gasteiger partial charge in [-0.3, -0.25) is 4.79 Å². The van der Waals surface area contributed by atoms with Crippen LogP contribution in [0.3, 0.4) is 0 Å². The third kappa shape index (κ3) is 2.50. The number of amides is 1. The summed E-state index contributed by atoms with van der Waals surface area (Å²) in [5.74, 6) is -0.273. The lowest BCUT2D eigenvalue weighted by molar-refractivity contribution is -0.130. The molecule has 0 radical (unpaired) electrons. The maximum Gasteiger partial charge on any atom is 0.228 e. The summed E-state index contributed by atoms with van der Waals surface area (Å²) < 4.78 is 14.6. The SMILES string of the molecule is CCN(CC)C(=O)Cc1cn2cc(F)ccc2n1. The first-order chi connectivity index (χ1) is 8.63. The van der Waals surface area contributed by atoms with E-state index in [1.54, 1.807) is 21.6 Å². The Labute approximate surface area is 105 Å².